The minimum absolute atomic E-state index is 0.00226. The summed E-state index contributed by atoms with van der Waals surface area (Å²) in [6.45, 7) is 0. The van der Waals surface area contributed by atoms with Crippen LogP contribution < -0.4 is 5.32 Å². The van der Waals surface area contributed by atoms with Gasteiger partial charge >= 0.3 is 5.97 Å². The lowest BCUT2D eigenvalue weighted by molar-refractivity contribution is -0.115. The van der Waals surface area contributed by atoms with E-state index >= 15 is 0 Å². The minimum atomic E-state index is -0.672. The highest BCUT2D eigenvalue weighted by molar-refractivity contribution is 9.10. The quantitative estimate of drug-likeness (QED) is 0.646. The summed E-state index contributed by atoms with van der Waals surface area (Å²) in [5.74, 6) is -2.31. The summed E-state index contributed by atoms with van der Waals surface area (Å²) < 4.78 is 31.6. The Labute approximate surface area is 139 Å². The molecule has 0 bridgehead atoms. The third kappa shape index (κ3) is 4.35. The van der Waals surface area contributed by atoms with Crippen LogP contribution in [-0.2, 0) is 16.0 Å². The van der Waals surface area contributed by atoms with Gasteiger partial charge in [-0.1, -0.05) is 0 Å². The average Bonchev–Trinajstić information content (AvgIpc) is 2.52. The zero-order valence-electron chi connectivity index (χ0n) is 12.0. The molecule has 1 N–H and O–H groups in total. The van der Waals surface area contributed by atoms with Crippen molar-refractivity contribution in [3.05, 3.63) is 63.6 Å². The summed E-state index contributed by atoms with van der Waals surface area (Å²) in [5.41, 5.74) is 0.724. The lowest BCUT2D eigenvalue weighted by Crippen LogP contribution is -2.15. The van der Waals surface area contributed by atoms with Crippen molar-refractivity contribution in [1.82, 2.24) is 0 Å². The predicted octanol–water partition coefficient (Wildman–Crippen LogP) is 3.70. The van der Waals surface area contributed by atoms with E-state index in [-0.39, 0.29) is 16.5 Å². The Morgan fingerprint density at radius 2 is 1.78 bits per heavy atom. The molecule has 0 saturated heterocycles. The Kier molecular flexibility index (Phi) is 5.44. The summed E-state index contributed by atoms with van der Waals surface area (Å²) >= 11 is 2.87. The molecule has 0 heterocycles. The molecule has 0 saturated carbocycles. The zero-order chi connectivity index (χ0) is 17.0. The van der Waals surface area contributed by atoms with Crippen molar-refractivity contribution in [2.45, 2.75) is 6.42 Å². The molecule has 0 aromatic heterocycles. The van der Waals surface area contributed by atoms with Crippen LogP contribution >= 0.6 is 15.9 Å². The van der Waals surface area contributed by atoms with Gasteiger partial charge in [-0.15, -0.1) is 0 Å². The summed E-state index contributed by atoms with van der Waals surface area (Å²) in [6.07, 6.45) is -0.311. The molecule has 2 aromatic rings. The molecule has 0 aliphatic rings. The van der Waals surface area contributed by atoms with Gasteiger partial charge in [-0.05, 0) is 52.3 Å². The molecule has 0 aliphatic carbocycles. The Balaban J connectivity index is 2.05. The monoisotopic (exact) mass is 383 g/mol. The SMILES string of the molecule is COC(=O)c1ccc(NC(=O)Cc2cc(F)c(Br)cc2F)cc1. The summed E-state index contributed by atoms with van der Waals surface area (Å²) in [6, 6.07) is 7.95. The maximum absolute atomic E-state index is 13.7. The Morgan fingerprint density at radius 3 is 2.39 bits per heavy atom. The van der Waals surface area contributed by atoms with Gasteiger partial charge in [0, 0.05) is 11.3 Å². The number of nitrogens with one attached hydrogen (secondary N) is 1. The molecule has 0 spiro atoms. The van der Waals surface area contributed by atoms with Crippen LogP contribution in [-0.4, -0.2) is 19.0 Å². The molecule has 2 rings (SSSR count). The molecule has 0 radical (unpaired) electrons. The first-order chi connectivity index (χ1) is 10.9. The molecule has 120 valence electrons. The molecule has 4 nitrogen and oxygen atoms in total. The van der Waals surface area contributed by atoms with Crippen LogP contribution in [0, 0.1) is 11.6 Å². The van der Waals surface area contributed by atoms with E-state index < -0.39 is 23.5 Å². The van der Waals surface area contributed by atoms with E-state index in [1.54, 1.807) is 0 Å². The van der Waals surface area contributed by atoms with Gasteiger partial charge in [-0.3, -0.25) is 4.79 Å². The number of methoxy groups -OCH3 is 1. The third-order valence-electron chi connectivity index (χ3n) is 3.03. The van der Waals surface area contributed by atoms with Gasteiger partial charge in [-0.2, -0.15) is 0 Å². The van der Waals surface area contributed by atoms with Crippen LogP contribution in [0.15, 0.2) is 40.9 Å². The fourth-order valence-electron chi connectivity index (χ4n) is 1.88. The van der Waals surface area contributed by atoms with Crippen molar-refractivity contribution in [2.24, 2.45) is 0 Å². The minimum Gasteiger partial charge on any atom is -0.465 e. The lowest BCUT2D eigenvalue weighted by Gasteiger charge is -2.07. The number of amides is 1. The number of benzene rings is 2. The highest BCUT2D eigenvalue weighted by Gasteiger charge is 2.13. The van der Waals surface area contributed by atoms with Crippen molar-refractivity contribution >= 4 is 33.5 Å². The van der Waals surface area contributed by atoms with Crippen LogP contribution in [0.25, 0.3) is 0 Å². The fourth-order valence-corrected chi connectivity index (χ4v) is 2.20. The molecule has 0 aliphatic heterocycles. The second-order valence-electron chi connectivity index (χ2n) is 4.65. The number of carbonyl (C=O) groups excluding carboxylic acids is 2. The summed E-state index contributed by atoms with van der Waals surface area (Å²) in [5, 5.41) is 2.54. The van der Waals surface area contributed by atoms with E-state index in [0.717, 1.165) is 12.1 Å². The molecule has 0 fully saturated rings. The van der Waals surface area contributed by atoms with Crippen molar-refractivity contribution in [3.63, 3.8) is 0 Å². The Morgan fingerprint density at radius 1 is 1.13 bits per heavy atom. The van der Waals surface area contributed by atoms with E-state index in [2.05, 4.69) is 26.0 Å². The normalized spacial score (nSPS) is 10.3. The molecule has 0 unspecified atom stereocenters. The highest BCUT2D eigenvalue weighted by Crippen LogP contribution is 2.20. The lowest BCUT2D eigenvalue weighted by atomic mass is 10.1. The number of ether oxygens (including phenoxy) is 1. The van der Waals surface area contributed by atoms with Crippen molar-refractivity contribution < 1.29 is 23.1 Å². The van der Waals surface area contributed by atoms with Crippen LogP contribution in [0.4, 0.5) is 14.5 Å². The van der Waals surface area contributed by atoms with Gasteiger partial charge in [-0.25, -0.2) is 13.6 Å². The Bertz CT molecular complexity index is 748. The van der Waals surface area contributed by atoms with E-state index in [9.17, 15) is 18.4 Å². The molecule has 7 heteroatoms. The number of carbonyl (C=O) groups is 2. The van der Waals surface area contributed by atoms with Crippen molar-refractivity contribution in [2.75, 3.05) is 12.4 Å². The predicted molar refractivity (Wildman–Crippen MR) is 84.2 cm³/mol. The standard InChI is InChI=1S/C16H12BrF2NO3/c1-23-16(22)9-2-4-11(5-3-9)20-15(21)7-10-6-14(19)12(17)8-13(10)18/h2-6,8H,7H2,1H3,(H,20,21). The highest BCUT2D eigenvalue weighted by atomic mass is 79.9. The number of hydrogen-bond donors (Lipinski definition) is 1. The van der Waals surface area contributed by atoms with Crippen molar-refractivity contribution in [3.8, 4) is 0 Å². The molecule has 23 heavy (non-hydrogen) atoms. The van der Waals surface area contributed by atoms with E-state index in [0.29, 0.717) is 11.3 Å². The molecule has 1 amide bonds. The maximum Gasteiger partial charge on any atom is 0.337 e. The largest absolute Gasteiger partial charge is 0.465 e. The van der Waals surface area contributed by atoms with E-state index in [4.69, 9.17) is 0 Å². The molecule has 0 atom stereocenters. The van der Waals surface area contributed by atoms with Gasteiger partial charge in [0.15, 0.2) is 0 Å². The smallest absolute Gasteiger partial charge is 0.337 e. The Hall–Kier alpha value is -2.28. The average molecular weight is 384 g/mol. The van der Waals surface area contributed by atoms with E-state index in [1.165, 1.54) is 31.4 Å². The molecule has 2 aromatic carbocycles. The second-order valence-corrected chi connectivity index (χ2v) is 5.51. The van der Waals surface area contributed by atoms with Gasteiger partial charge in [0.2, 0.25) is 5.91 Å². The van der Waals surface area contributed by atoms with Crippen LogP contribution in [0.2, 0.25) is 0 Å². The van der Waals surface area contributed by atoms with Gasteiger partial charge in [0.1, 0.15) is 11.6 Å². The van der Waals surface area contributed by atoms with E-state index in [1.807, 2.05) is 0 Å². The molecular formula is C16H12BrF2NO3. The number of esters is 1. The maximum atomic E-state index is 13.7. The van der Waals surface area contributed by atoms with Crippen LogP contribution in [0.5, 0.6) is 0 Å². The fraction of sp³-hybridized carbons (Fsp3) is 0.125. The first kappa shape index (κ1) is 17.1. The first-order valence-corrected chi connectivity index (χ1v) is 7.31. The topological polar surface area (TPSA) is 55.4 Å². The van der Waals surface area contributed by atoms with Gasteiger partial charge in [0.05, 0.1) is 23.6 Å². The van der Waals surface area contributed by atoms with Crippen LogP contribution in [0.3, 0.4) is 0 Å². The first-order valence-electron chi connectivity index (χ1n) is 6.52. The number of rotatable bonds is 4. The number of anilines is 1. The van der Waals surface area contributed by atoms with Crippen LogP contribution in [0.1, 0.15) is 15.9 Å². The number of hydrogen-bond acceptors (Lipinski definition) is 3. The summed E-state index contributed by atoms with van der Waals surface area (Å²) in [7, 11) is 1.27. The van der Waals surface area contributed by atoms with Gasteiger partial charge < -0.3 is 10.1 Å². The van der Waals surface area contributed by atoms with Gasteiger partial charge in [0.25, 0.3) is 0 Å². The van der Waals surface area contributed by atoms with Crippen molar-refractivity contribution in [1.29, 1.82) is 0 Å². The summed E-state index contributed by atoms with van der Waals surface area (Å²) in [4.78, 5) is 23.2. The third-order valence-corrected chi connectivity index (χ3v) is 3.64. The second kappa shape index (κ2) is 7.32. The zero-order valence-corrected chi connectivity index (χ0v) is 13.6. The molecular weight excluding hydrogens is 372 g/mol. The number of halogens is 3.